The molecule has 0 heterocycles. The van der Waals surface area contributed by atoms with Gasteiger partial charge in [0.05, 0.1) is 11.4 Å². The topological polar surface area (TPSA) is 38.0 Å². The fourth-order valence-electron chi connectivity index (χ4n) is 1.65. The van der Waals surface area contributed by atoms with Crippen molar-refractivity contribution < 1.29 is 8.78 Å². The number of nitrogens with one attached hydrogen (secondary N) is 1. The number of halogens is 2. The fraction of sp³-hybridized carbons (Fsp3) is 0.455. The Labute approximate surface area is 87.5 Å². The van der Waals surface area contributed by atoms with Crippen LogP contribution in [0.25, 0.3) is 0 Å². The number of hydrogen-bond acceptors (Lipinski definition) is 2. The van der Waals surface area contributed by atoms with Crippen molar-refractivity contribution in [2.24, 2.45) is 5.92 Å². The summed E-state index contributed by atoms with van der Waals surface area (Å²) >= 11 is 0. The van der Waals surface area contributed by atoms with Gasteiger partial charge in [0.2, 0.25) is 0 Å². The minimum absolute atomic E-state index is 0.0920. The summed E-state index contributed by atoms with van der Waals surface area (Å²) in [5.41, 5.74) is 5.93. The van der Waals surface area contributed by atoms with Gasteiger partial charge in [0.15, 0.2) is 11.6 Å². The van der Waals surface area contributed by atoms with Crippen LogP contribution in [-0.2, 0) is 0 Å². The molecule has 0 bridgehead atoms. The lowest BCUT2D eigenvalue weighted by Crippen LogP contribution is -2.19. The molecule has 1 aromatic carbocycles. The lowest BCUT2D eigenvalue weighted by Gasteiger charge is -2.16. The lowest BCUT2D eigenvalue weighted by atomic mass is 10.2. The molecule has 82 valence electrons. The van der Waals surface area contributed by atoms with Gasteiger partial charge in [0.1, 0.15) is 0 Å². The number of hydrogen-bond donors (Lipinski definition) is 2. The largest absolute Gasteiger partial charge is 0.397 e. The summed E-state index contributed by atoms with van der Waals surface area (Å²) in [6.45, 7) is 1.96. The summed E-state index contributed by atoms with van der Waals surface area (Å²) in [7, 11) is 0. The lowest BCUT2D eigenvalue weighted by molar-refractivity contribution is 0.509. The Morgan fingerprint density at radius 2 is 2.07 bits per heavy atom. The van der Waals surface area contributed by atoms with Gasteiger partial charge < -0.3 is 11.1 Å². The molecule has 2 nitrogen and oxygen atoms in total. The van der Waals surface area contributed by atoms with Gasteiger partial charge in [-0.2, -0.15) is 0 Å². The van der Waals surface area contributed by atoms with E-state index in [2.05, 4.69) is 5.32 Å². The van der Waals surface area contributed by atoms with E-state index in [1.165, 1.54) is 6.07 Å². The van der Waals surface area contributed by atoms with Gasteiger partial charge >= 0.3 is 0 Å². The van der Waals surface area contributed by atoms with Gasteiger partial charge in [-0.15, -0.1) is 0 Å². The third-order valence-electron chi connectivity index (χ3n) is 2.83. The Kier molecular flexibility index (Phi) is 2.50. The van der Waals surface area contributed by atoms with Crippen LogP contribution in [0.4, 0.5) is 20.2 Å². The monoisotopic (exact) mass is 212 g/mol. The van der Waals surface area contributed by atoms with Crippen molar-refractivity contribution in [3.63, 3.8) is 0 Å². The Bertz CT molecular complexity index is 375. The van der Waals surface area contributed by atoms with Gasteiger partial charge in [0, 0.05) is 6.04 Å². The Hall–Kier alpha value is -1.32. The molecular formula is C11H14F2N2. The minimum atomic E-state index is -0.887. The molecule has 1 unspecified atom stereocenters. The second-order valence-electron chi connectivity index (χ2n) is 4.10. The Morgan fingerprint density at radius 3 is 2.67 bits per heavy atom. The van der Waals surface area contributed by atoms with Crippen LogP contribution >= 0.6 is 0 Å². The highest BCUT2D eigenvalue weighted by Gasteiger charge is 2.29. The molecule has 0 saturated heterocycles. The van der Waals surface area contributed by atoms with Crippen LogP contribution in [0.3, 0.4) is 0 Å². The molecule has 1 fully saturated rings. The maximum atomic E-state index is 13.4. The zero-order valence-corrected chi connectivity index (χ0v) is 8.56. The van der Waals surface area contributed by atoms with Crippen molar-refractivity contribution in [2.45, 2.75) is 25.8 Å². The van der Waals surface area contributed by atoms with Crippen LogP contribution in [0.15, 0.2) is 12.1 Å². The third kappa shape index (κ3) is 2.03. The Balaban J connectivity index is 2.22. The molecule has 0 aromatic heterocycles. The average molecular weight is 212 g/mol. The van der Waals surface area contributed by atoms with Crippen LogP contribution in [-0.4, -0.2) is 6.04 Å². The average Bonchev–Trinajstić information content (AvgIpc) is 3.02. The van der Waals surface area contributed by atoms with Crippen molar-refractivity contribution >= 4 is 11.4 Å². The van der Waals surface area contributed by atoms with Gasteiger partial charge in [0.25, 0.3) is 0 Å². The molecule has 0 amide bonds. The standard InChI is InChI=1S/C11H14F2N2/c1-6(7-2-3-7)15-11-9(14)5-4-8(12)10(11)13/h4-7,15H,2-3,14H2,1H3. The maximum absolute atomic E-state index is 13.4. The summed E-state index contributed by atoms with van der Waals surface area (Å²) in [5, 5.41) is 2.94. The van der Waals surface area contributed by atoms with Crippen molar-refractivity contribution in [1.29, 1.82) is 0 Å². The van der Waals surface area contributed by atoms with E-state index in [0.717, 1.165) is 18.9 Å². The fourth-order valence-corrected chi connectivity index (χ4v) is 1.65. The van der Waals surface area contributed by atoms with E-state index in [4.69, 9.17) is 5.73 Å². The van der Waals surface area contributed by atoms with Gasteiger partial charge in [-0.1, -0.05) is 0 Å². The molecule has 0 aliphatic heterocycles. The van der Waals surface area contributed by atoms with Crippen molar-refractivity contribution in [3.05, 3.63) is 23.8 Å². The number of nitrogen functional groups attached to an aromatic ring is 1. The van der Waals surface area contributed by atoms with E-state index in [0.29, 0.717) is 5.92 Å². The second-order valence-corrected chi connectivity index (χ2v) is 4.10. The van der Waals surface area contributed by atoms with E-state index in [-0.39, 0.29) is 17.4 Å². The normalized spacial score (nSPS) is 17.5. The zero-order valence-electron chi connectivity index (χ0n) is 8.56. The van der Waals surface area contributed by atoms with E-state index in [1.807, 2.05) is 6.92 Å². The van der Waals surface area contributed by atoms with Crippen molar-refractivity contribution in [1.82, 2.24) is 0 Å². The summed E-state index contributed by atoms with van der Waals surface area (Å²) in [4.78, 5) is 0. The third-order valence-corrected chi connectivity index (χ3v) is 2.83. The molecular weight excluding hydrogens is 198 g/mol. The summed E-state index contributed by atoms with van der Waals surface area (Å²) < 4.78 is 26.3. The SMILES string of the molecule is CC(Nc1c(N)ccc(F)c1F)C1CC1. The molecule has 0 radical (unpaired) electrons. The molecule has 3 N–H and O–H groups in total. The molecule has 1 saturated carbocycles. The first-order chi connectivity index (χ1) is 7.09. The quantitative estimate of drug-likeness (QED) is 0.756. The molecule has 15 heavy (non-hydrogen) atoms. The smallest absolute Gasteiger partial charge is 0.183 e. The number of nitrogens with two attached hydrogens (primary N) is 1. The van der Waals surface area contributed by atoms with Crippen molar-refractivity contribution in [3.8, 4) is 0 Å². The summed E-state index contributed by atoms with van der Waals surface area (Å²) in [6, 6.07) is 2.56. The van der Waals surface area contributed by atoms with Crippen LogP contribution < -0.4 is 11.1 Å². The second kappa shape index (κ2) is 3.68. The van der Waals surface area contributed by atoms with Gasteiger partial charge in [-0.05, 0) is 37.8 Å². The van der Waals surface area contributed by atoms with E-state index in [1.54, 1.807) is 0 Å². The zero-order chi connectivity index (χ0) is 11.0. The molecule has 1 atom stereocenters. The summed E-state index contributed by atoms with van der Waals surface area (Å²) in [6.07, 6.45) is 2.29. The van der Waals surface area contributed by atoms with E-state index >= 15 is 0 Å². The molecule has 1 aliphatic rings. The van der Waals surface area contributed by atoms with Gasteiger partial charge in [-0.3, -0.25) is 0 Å². The Morgan fingerprint density at radius 1 is 1.40 bits per heavy atom. The van der Waals surface area contributed by atoms with Crippen LogP contribution in [0.2, 0.25) is 0 Å². The van der Waals surface area contributed by atoms with Crippen LogP contribution in [0, 0.1) is 17.6 Å². The minimum Gasteiger partial charge on any atom is -0.397 e. The van der Waals surface area contributed by atoms with Crippen LogP contribution in [0.5, 0.6) is 0 Å². The highest BCUT2D eigenvalue weighted by molar-refractivity contribution is 5.67. The molecule has 1 aromatic rings. The predicted molar refractivity (Wildman–Crippen MR) is 56.6 cm³/mol. The molecule has 4 heteroatoms. The number of rotatable bonds is 3. The van der Waals surface area contributed by atoms with E-state index in [9.17, 15) is 8.78 Å². The first-order valence-corrected chi connectivity index (χ1v) is 5.09. The first kappa shape index (κ1) is 10.2. The highest BCUT2D eigenvalue weighted by Crippen LogP contribution is 2.35. The molecule has 0 spiro atoms. The summed E-state index contributed by atoms with van der Waals surface area (Å²) in [5.74, 6) is -1.19. The maximum Gasteiger partial charge on any atom is 0.183 e. The first-order valence-electron chi connectivity index (χ1n) is 5.09. The van der Waals surface area contributed by atoms with Gasteiger partial charge in [-0.25, -0.2) is 8.78 Å². The molecule has 2 rings (SSSR count). The highest BCUT2D eigenvalue weighted by atomic mass is 19.2. The van der Waals surface area contributed by atoms with E-state index < -0.39 is 11.6 Å². The van der Waals surface area contributed by atoms with Crippen LogP contribution in [0.1, 0.15) is 19.8 Å². The number of anilines is 2. The number of benzene rings is 1. The predicted octanol–water partition coefficient (Wildman–Crippen LogP) is 2.76. The molecule has 1 aliphatic carbocycles. The van der Waals surface area contributed by atoms with Crippen molar-refractivity contribution in [2.75, 3.05) is 11.1 Å².